The highest BCUT2D eigenvalue weighted by Gasteiger charge is 2.20. The average molecular weight is 328 g/mol. The van der Waals surface area contributed by atoms with Crippen LogP contribution in [-0.4, -0.2) is 27.1 Å². The fourth-order valence-electron chi connectivity index (χ4n) is 3.64. The van der Waals surface area contributed by atoms with Crippen LogP contribution in [0.25, 0.3) is 0 Å². The van der Waals surface area contributed by atoms with Crippen LogP contribution in [0.3, 0.4) is 0 Å². The Bertz CT molecular complexity index is 667. The Balaban J connectivity index is 1.39. The first-order chi connectivity index (χ1) is 11.4. The Kier molecular flexibility index (Phi) is 4.67. The molecular formula is C18H24N4S. The van der Waals surface area contributed by atoms with E-state index in [2.05, 4.69) is 44.3 Å². The third-order valence-corrected chi connectivity index (χ3v) is 6.01. The van der Waals surface area contributed by atoms with Crippen LogP contribution in [0.5, 0.6) is 0 Å². The number of hydrogen-bond donors (Lipinski definition) is 1. The molecule has 1 aromatic heterocycles. The molecule has 2 aromatic rings. The van der Waals surface area contributed by atoms with Crippen LogP contribution in [0, 0.1) is 0 Å². The van der Waals surface area contributed by atoms with E-state index in [1.54, 1.807) is 0 Å². The average Bonchev–Trinajstić information content (AvgIpc) is 2.82. The summed E-state index contributed by atoms with van der Waals surface area (Å²) in [5.74, 6) is 3.56. The third kappa shape index (κ3) is 3.31. The molecule has 4 rings (SSSR count). The molecule has 1 N–H and O–H groups in total. The molecule has 2 aliphatic heterocycles. The van der Waals surface area contributed by atoms with E-state index in [-0.39, 0.29) is 0 Å². The van der Waals surface area contributed by atoms with E-state index in [1.807, 2.05) is 11.8 Å². The van der Waals surface area contributed by atoms with Crippen molar-refractivity contribution in [2.24, 2.45) is 0 Å². The Hall–Kier alpha value is -1.33. The predicted molar refractivity (Wildman–Crippen MR) is 93.8 cm³/mol. The van der Waals surface area contributed by atoms with Gasteiger partial charge in [-0.2, -0.15) is 0 Å². The largest absolute Gasteiger partial charge is 0.315 e. The van der Waals surface area contributed by atoms with Crippen molar-refractivity contribution in [3.05, 3.63) is 41.5 Å². The molecule has 1 aromatic carbocycles. The standard InChI is InChI=1S/C18H24N4S/c1-2-8-17-20-21-18(22(17)12-5-1)9-11-19-15-10-13-23-16-7-4-3-6-14(15)16/h3-4,6-7,15,19H,1-2,5,8-13H2. The number of thioether (sulfide) groups is 1. The lowest BCUT2D eigenvalue weighted by Crippen LogP contribution is -2.27. The molecule has 2 aliphatic rings. The lowest BCUT2D eigenvalue weighted by molar-refractivity contribution is 0.502. The van der Waals surface area contributed by atoms with Crippen molar-refractivity contribution >= 4 is 11.8 Å². The lowest BCUT2D eigenvalue weighted by atomic mass is 10.0. The van der Waals surface area contributed by atoms with Crippen molar-refractivity contribution in [2.75, 3.05) is 12.3 Å². The molecule has 1 atom stereocenters. The second-order valence-electron chi connectivity index (χ2n) is 6.43. The first-order valence-electron chi connectivity index (χ1n) is 8.78. The number of aromatic nitrogens is 3. The molecule has 1 unspecified atom stereocenters. The van der Waals surface area contributed by atoms with Gasteiger partial charge in [0.05, 0.1) is 0 Å². The van der Waals surface area contributed by atoms with E-state index in [0.717, 1.165) is 31.8 Å². The molecule has 0 radical (unpaired) electrons. The van der Waals surface area contributed by atoms with Crippen molar-refractivity contribution in [1.29, 1.82) is 0 Å². The summed E-state index contributed by atoms with van der Waals surface area (Å²) in [4.78, 5) is 1.44. The van der Waals surface area contributed by atoms with Crippen molar-refractivity contribution in [3.63, 3.8) is 0 Å². The minimum Gasteiger partial charge on any atom is -0.315 e. The van der Waals surface area contributed by atoms with Gasteiger partial charge in [-0.25, -0.2) is 0 Å². The van der Waals surface area contributed by atoms with Gasteiger partial charge >= 0.3 is 0 Å². The zero-order chi connectivity index (χ0) is 15.5. The second-order valence-corrected chi connectivity index (χ2v) is 7.56. The van der Waals surface area contributed by atoms with E-state index >= 15 is 0 Å². The number of aryl methyl sites for hydroxylation is 1. The van der Waals surface area contributed by atoms with Gasteiger partial charge in [0.2, 0.25) is 0 Å². The summed E-state index contributed by atoms with van der Waals surface area (Å²) in [6, 6.07) is 9.28. The molecule has 0 spiro atoms. The molecule has 3 heterocycles. The maximum atomic E-state index is 4.44. The van der Waals surface area contributed by atoms with E-state index in [0.29, 0.717) is 6.04 Å². The SMILES string of the molecule is c1ccc2c(c1)SCCC2NCCc1nnc2n1CCCCC2. The molecule has 0 fully saturated rings. The number of rotatable bonds is 4. The Labute approximate surface area is 142 Å². The summed E-state index contributed by atoms with van der Waals surface area (Å²) < 4.78 is 2.36. The third-order valence-electron chi connectivity index (χ3n) is 4.88. The summed E-state index contributed by atoms with van der Waals surface area (Å²) in [5, 5.41) is 12.6. The highest BCUT2D eigenvalue weighted by molar-refractivity contribution is 7.99. The number of nitrogens with zero attached hydrogens (tertiary/aromatic N) is 3. The zero-order valence-electron chi connectivity index (χ0n) is 13.5. The van der Waals surface area contributed by atoms with Crippen molar-refractivity contribution in [3.8, 4) is 0 Å². The minimum atomic E-state index is 0.485. The van der Waals surface area contributed by atoms with Crippen LogP contribution in [-0.2, 0) is 19.4 Å². The lowest BCUT2D eigenvalue weighted by Gasteiger charge is -2.26. The monoisotopic (exact) mass is 328 g/mol. The zero-order valence-corrected chi connectivity index (χ0v) is 14.3. The molecule has 0 saturated carbocycles. The first-order valence-corrected chi connectivity index (χ1v) is 9.76. The van der Waals surface area contributed by atoms with Crippen molar-refractivity contribution in [2.45, 2.75) is 56.0 Å². The Morgan fingerprint density at radius 1 is 1.17 bits per heavy atom. The van der Waals surface area contributed by atoms with Crippen molar-refractivity contribution < 1.29 is 0 Å². The quantitative estimate of drug-likeness (QED) is 0.934. The van der Waals surface area contributed by atoms with Crippen LogP contribution in [0.4, 0.5) is 0 Å². The molecule has 5 heteroatoms. The van der Waals surface area contributed by atoms with Gasteiger partial charge in [-0.05, 0) is 36.6 Å². The van der Waals surface area contributed by atoms with Gasteiger partial charge in [0.15, 0.2) is 0 Å². The number of benzene rings is 1. The van der Waals surface area contributed by atoms with Crippen molar-refractivity contribution in [1.82, 2.24) is 20.1 Å². The van der Waals surface area contributed by atoms with Crippen LogP contribution in [0.1, 0.15) is 48.9 Å². The smallest absolute Gasteiger partial charge is 0.134 e. The van der Waals surface area contributed by atoms with Gasteiger partial charge in [0.1, 0.15) is 11.6 Å². The molecule has 23 heavy (non-hydrogen) atoms. The highest BCUT2D eigenvalue weighted by atomic mass is 32.2. The summed E-state index contributed by atoms with van der Waals surface area (Å²) in [6.45, 7) is 2.07. The number of nitrogens with one attached hydrogen (secondary N) is 1. The van der Waals surface area contributed by atoms with Crippen LogP contribution < -0.4 is 5.32 Å². The molecule has 0 amide bonds. The van der Waals surface area contributed by atoms with E-state index in [9.17, 15) is 0 Å². The predicted octanol–water partition coefficient (Wildman–Crippen LogP) is 3.37. The summed E-state index contributed by atoms with van der Waals surface area (Å²) >= 11 is 1.98. The molecule has 0 bridgehead atoms. The molecule has 4 nitrogen and oxygen atoms in total. The van der Waals surface area contributed by atoms with Gasteiger partial charge in [-0.3, -0.25) is 0 Å². The second kappa shape index (κ2) is 7.05. The molecule has 0 saturated heterocycles. The van der Waals surface area contributed by atoms with Gasteiger partial charge < -0.3 is 9.88 Å². The molecule has 0 aliphatic carbocycles. The molecular weight excluding hydrogens is 304 g/mol. The fourth-order valence-corrected chi connectivity index (χ4v) is 4.77. The van der Waals surface area contributed by atoms with E-state index in [4.69, 9.17) is 0 Å². The summed E-state index contributed by atoms with van der Waals surface area (Å²) in [7, 11) is 0. The maximum Gasteiger partial charge on any atom is 0.134 e. The summed E-state index contributed by atoms with van der Waals surface area (Å²) in [6.07, 6.45) is 7.11. The summed E-state index contributed by atoms with van der Waals surface area (Å²) in [5.41, 5.74) is 1.46. The van der Waals surface area contributed by atoms with Crippen LogP contribution in [0.15, 0.2) is 29.2 Å². The topological polar surface area (TPSA) is 42.7 Å². The Morgan fingerprint density at radius 3 is 3.13 bits per heavy atom. The van der Waals surface area contributed by atoms with Gasteiger partial charge in [0.25, 0.3) is 0 Å². The number of hydrogen-bond acceptors (Lipinski definition) is 4. The maximum absolute atomic E-state index is 4.44. The van der Waals surface area contributed by atoms with E-state index in [1.165, 1.54) is 47.7 Å². The van der Waals surface area contributed by atoms with Gasteiger partial charge in [-0.1, -0.05) is 24.6 Å². The fraction of sp³-hybridized carbons (Fsp3) is 0.556. The number of fused-ring (bicyclic) bond motifs is 2. The molecule has 122 valence electrons. The van der Waals surface area contributed by atoms with Crippen LogP contribution in [0.2, 0.25) is 0 Å². The minimum absolute atomic E-state index is 0.485. The van der Waals surface area contributed by atoms with Gasteiger partial charge in [-0.15, -0.1) is 22.0 Å². The van der Waals surface area contributed by atoms with Crippen LogP contribution >= 0.6 is 11.8 Å². The Morgan fingerprint density at radius 2 is 2.13 bits per heavy atom. The van der Waals surface area contributed by atoms with Gasteiger partial charge in [0, 0.05) is 36.9 Å². The highest BCUT2D eigenvalue weighted by Crippen LogP contribution is 2.35. The normalized spacial score (nSPS) is 20.6. The first kappa shape index (κ1) is 15.2. The van der Waals surface area contributed by atoms with E-state index < -0.39 is 0 Å².